The van der Waals surface area contributed by atoms with Gasteiger partial charge in [0, 0.05) is 30.8 Å². The van der Waals surface area contributed by atoms with Crippen LogP contribution in [0.3, 0.4) is 0 Å². The number of nitrogens with zero attached hydrogens (tertiary/aromatic N) is 3. The quantitative estimate of drug-likeness (QED) is 0.342. The number of hydrogen-bond donors (Lipinski definition) is 3. The molecule has 2 heterocycles. The second kappa shape index (κ2) is 9.59. The van der Waals surface area contributed by atoms with E-state index in [1.807, 2.05) is 0 Å². The van der Waals surface area contributed by atoms with E-state index in [0.29, 0.717) is 12.1 Å². The number of aromatic nitrogens is 3. The highest BCUT2D eigenvalue weighted by Gasteiger charge is 2.34. The van der Waals surface area contributed by atoms with Gasteiger partial charge in [-0.1, -0.05) is 6.07 Å². The summed E-state index contributed by atoms with van der Waals surface area (Å²) in [5, 5.41) is 14.2. The SMILES string of the molecule is CCn1c(C=N)c(NCC(=O)Nc2nc(-c3ccc(C(F)(F)F)c(F)c3)cs2)c(=O)n(C)c1=O. The van der Waals surface area contributed by atoms with Crippen LogP contribution in [-0.4, -0.2) is 32.8 Å². The van der Waals surface area contributed by atoms with E-state index in [-0.39, 0.29) is 34.3 Å². The number of anilines is 2. The molecule has 0 atom stereocenters. The molecule has 3 rings (SSSR count). The molecule has 0 aliphatic rings. The summed E-state index contributed by atoms with van der Waals surface area (Å²) in [6.45, 7) is 1.46. The fourth-order valence-electron chi connectivity index (χ4n) is 3.11. The zero-order chi connectivity index (χ0) is 25.2. The Morgan fingerprint density at radius 2 is 2.00 bits per heavy atom. The molecule has 3 aromatic rings. The zero-order valence-electron chi connectivity index (χ0n) is 17.8. The Bertz CT molecular complexity index is 1380. The highest BCUT2D eigenvalue weighted by atomic mass is 32.1. The third-order valence-electron chi connectivity index (χ3n) is 4.78. The van der Waals surface area contributed by atoms with Crippen molar-refractivity contribution in [3.05, 3.63) is 61.5 Å². The monoisotopic (exact) mass is 498 g/mol. The van der Waals surface area contributed by atoms with E-state index in [4.69, 9.17) is 5.41 Å². The van der Waals surface area contributed by atoms with Crippen LogP contribution in [-0.2, 0) is 24.6 Å². The molecule has 0 unspecified atom stereocenters. The van der Waals surface area contributed by atoms with Gasteiger partial charge in [0.1, 0.15) is 11.5 Å². The molecule has 2 aromatic heterocycles. The minimum Gasteiger partial charge on any atom is -0.370 e. The predicted molar refractivity (Wildman–Crippen MR) is 119 cm³/mol. The van der Waals surface area contributed by atoms with Crippen LogP contribution < -0.4 is 21.9 Å². The van der Waals surface area contributed by atoms with E-state index in [9.17, 15) is 31.9 Å². The van der Waals surface area contributed by atoms with Crippen LogP contribution in [0.4, 0.5) is 28.4 Å². The first-order valence-corrected chi connectivity index (χ1v) is 10.6. The Morgan fingerprint density at radius 3 is 2.59 bits per heavy atom. The van der Waals surface area contributed by atoms with Gasteiger partial charge in [0.2, 0.25) is 5.91 Å². The molecule has 1 amide bonds. The van der Waals surface area contributed by atoms with Gasteiger partial charge in [-0.3, -0.25) is 18.7 Å². The Balaban J connectivity index is 1.74. The van der Waals surface area contributed by atoms with Crippen molar-refractivity contribution in [1.82, 2.24) is 14.1 Å². The van der Waals surface area contributed by atoms with Gasteiger partial charge >= 0.3 is 11.9 Å². The first kappa shape index (κ1) is 24.8. The van der Waals surface area contributed by atoms with E-state index in [0.717, 1.165) is 28.2 Å². The van der Waals surface area contributed by atoms with Gasteiger partial charge in [0.25, 0.3) is 5.56 Å². The first-order chi connectivity index (χ1) is 16.0. The van der Waals surface area contributed by atoms with Crippen LogP contribution in [0.15, 0.2) is 33.2 Å². The van der Waals surface area contributed by atoms with Crippen molar-refractivity contribution >= 4 is 34.3 Å². The summed E-state index contributed by atoms with van der Waals surface area (Å²) in [5.41, 5.74) is -2.52. The van der Waals surface area contributed by atoms with Gasteiger partial charge in [-0.05, 0) is 19.1 Å². The van der Waals surface area contributed by atoms with Gasteiger partial charge in [0.15, 0.2) is 5.13 Å². The summed E-state index contributed by atoms with van der Waals surface area (Å²) >= 11 is 0.968. The molecule has 0 fully saturated rings. The molecular weight excluding hydrogens is 480 g/mol. The standard InChI is InChI=1S/C20H18F4N6O3S/c1-3-30-14(7-25)16(17(32)29(2)19(30)33)26-8-15(31)28-18-27-13(9-34-18)10-4-5-11(12(21)6-10)20(22,23)24/h4-7,9,25-26H,3,8H2,1-2H3,(H,27,28,31). The van der Waals surface area contributed by atoms with Crippen molar-refractivity contribution in [2.75, 3.05) is 17.2 Å². The van der Waals surface area contributed by atoms with Gasteiger partial charge in [-0.25, -0.2) is 14.2 Å². The van der Waals surface area contributed by atoms with E-state index in [1.54, 1.807) is 6.92 Å². The number of amides is 1. The molecule has 180 valence electrons. The van der Waals surface area contributed by atoms with Crippen LogP contribution in [0.25, 0.3) is 11.3 Å². The fourth-order valence-corrected chi connectivity index (χ4v) is 3.84. The number of hydrogen-bond acceptors (Lipinski definition) is 7. The first-order valence-electron chi connectivity index (χ1n) is 9.68. The zero-order valence-corrected chi connectivity index (χ0v) is 18.6. The summed E-state index contributed by atoms with van der Waals surface area (Å²) in [7, 11) is 1.27. The molecule has 0 radical (unpaired) electrons. The molecule has 3 N–H and O–H groups in total. The number of halogens is 4. The number of nitrogens with one attached hydrogen (secondary N) is 3. The Labute approximate surface area is 193 Å². The van der Waals surface area contributed by atoms with Crippen molar-refractivity contribution < 1.29 is 22.4 Å². The van der Waals surface area contributed by atoms with Gasteiger partial charge < -0.3 is 16.0 Å². The van der Waals surface area contributed by atoms with Crippen LogP contribution in [0.2, 0.25) is 0 Å². The molecular formula is C20H18F4N6O3S. The molecule has 0 saturated heterocycles. The maximum absolute atomic E-state index is 13.8. The van der Waals surface area contributed by atoms with Crippen molar-refractivity contribution in [1.29, 1.82) is 5.41 Å². The lowest BCUT2D eigenvalue weighted by Gasteiger charge is -2.14. The number of alkyl halides is 3. The molecule has 14 heteroatoms. The topological polar surface area (TPSA) is 122 Å². The maximum atomic E-state index is 13.8. The van der Waals surface area contributed by atoms with Crippen molar-refractivity contribution in [3.8, 4) is 11.3 Å². The van der Waals surface area contributed by atoms with Crippen molar-refractivity contribution in [3.63, 3.8) is 0 Å². The molecule has 0 saturated carbocycles. The van der Waals surface area contributed by atoms with Crippen LogP contribution >= 0.6 is 11.3 Å². The van der Waals surface area contributed by atoms with Crippen molar-refractivity contribution in [2.45, 2.75) is 19.6 Å². The molecule has 9 nitrogen and oxygen atoms in total. The summed E-state index contributed by atoms with van der Waals surface area (Å²) < 4.78 is 54.1. The smallest absolute Gasteiger partial charge is 0.370 e. The van der Waals surface area contributed by atoms with E-state index < -0.39 is 41.3 Å². The lowest BCUT2D eigenvalue weighted by atomic mass is 10.1. The molecule has 0 bridgehead atoms. The number of carbonyl (C=O) groups is 1. The van der Waals surface area contributed by atoms with E-state index in [1.165, 1.54) is 17.0 Å². The molecule has 0 aliphatic carbocycles. The van der Waals surface area contributed by atoms with Crippen molar-refractivity contribution in [2.24, 2.45) is 7.05 Å². The summed E-state index contributed by atoms with van der Waals surface area (Å²) in [4.78, 5) is 41.0. The van der Waals surface area contributed by atoms with Gasteiger partial charge in [-0.2, -0.15) is 13.2 Å². The van der Waals surface area contributed by atoms with Crippen LogP contribution in [0, 0.1) is 11.2 Å². The Morgan fingerprint density at radius 1 is 1.29 bits per heavy atom. The Hall–Kier alpha value is -3.81. The third-order valence-corrected chi connectivity index (χ3v) is 5.54. The normalized spacial score (nSPS) is 11.4. The molecule has 0 spiro atoms. The summed E-state index contributed by atoms with van der Waals surface area (Å²) in [6, 6.07) is 2.40. The molecule has 1 aromatic carbocycles. The average molecular weight is 498 g/mol. The van der Waals surface area contributed by atoms with Crippen LogP contribution in [0.5, 0.6) is 0 Å². The Kier molecular flexibility index (Phi) is 7.00. The largest absolute Gasteiger partial charge is 0.419 e. The average Bonchev–Trinajstić information content (AvgIpc) is 3.24. The summed E-state index contributed by atoms with van der Waals surface area (Å²) in [5.74, 6) is -2.06. The molecule has 34 heavy (non-hydrogen) atoms. The van der Waals surface area contributed by atoms with Gasteiger partial charge in [0.05, 0.1) is 23.5 Å². The second-order valence-corrected chi connectivity index (χ2v) is 7.79. The lowest BCUT2D eigenvalue weighted by Crippen LogP contribution is -2.41. The highest BCUT2D eigenvalue weighted by Crippen LogP contribution is 2.34. The number of rotatable bonds is 7. The lowest BCUT2D eigenvalue weighted by molar-refractivity contribution is -0.140. The van der Waals surface area contributed by atoms with E-state index >= 15 is 0 Å². The summed E-state index contributed by atoms with van der Waals surface area (Å²) in [6.07, 6.45) is -3.98. The molecule has 0 aliphatic heterocycles. The fraction of sp³-hybridized carbons (Fsp3) is 0.250. The third kappa shape index (κ3) is 4.90. The number of carbonyl (C=O) groups excluding carboxylic acids is 1. The predicted octanol–water partition coefficient (Wildman–Crippen LogP) is 2.90. The maximum Gasteiger partial charge on any atom is 0.419 e. The van der Waals surface area contributed by atoms with Crippen LogP contribution in [0.1, 0.15) is 18.2 Å². The minimum absolute atomic E-state index is 0.0178. The second-order valence-electron chi connectivity index (χ2n) is 6.93. The van der Waals surface area contributed by atoms with Gasteiger partial charge in [-0.15, -0.1) is 11.3 Å². The number of thiazole rings is 1. The highest BCUT2D eigenvalue weighted by molar-refractivity contribution is 7.14. The minimum atomic E-state index is -4.82. The van der Waals surface area contributed by atoms with E-state index in [2.05, 4.69) is 15.6 Å². The number of benzene rings is 1.